The number of methoxy groups -OCH3 is 1. The lowest BCUT2D eigenvalue weighted by molar-refractivity contribution is -0.154. The van der Waals surface area contributed by atoms with Gasteiger partial charge in [-0.25, -0.2) is 4.79 Å². The van der Waals surface area contributed by atoms with E-state index in [1.165, 1.54) is 34.9 Å². The Hall–Kier alpha value is -3.41. The maximum absolute atomic E-state index is 12.0. The Balaban J connectivity index is 1.39. The predicted molar refractivity (Wildman–Crippen MR) is 147 cm³/mol. The smallest absolute Gasteiger partial charge is 0.335 e. The van der Waals surface area contributed by atoms with Crippen molar-refractivity contribution in [3.63, 3.8) is 0 Å². The van der Waals surface area contributed by atoms with Crippen molar-refractivity contribution in [1.29, 1.82) is 0 Å². The van der Waals surface area contributed by atoms with Gasteiger partial charge in [-0.2, -0.15) is 0 Å². The minimum Gasteiger partial charge on any atom is -0.491 e. The number of carbonyl (C=O) groups excluding carboxylic acids is 1. The minimum absolute atomic E-state index is 0.155. The molecule has 0 amide bonds. The van der Waals surface area contributed by atoms with Crippen LogP contribution in [0.1, 0.15) is 59.8 Å². The standard InChI is InChI=1S/C32H36O5/c1-4-8-23-11-14-26-16-15-25-9-6-7-10-28(25)31(29(26)21-23)37-20-19-36-27-17-12-24(13-18-27)22-30(34-3)32(33)35-5-2/h6-7,9-18,21,30-31H,4-5,8,19-20,22H2,1-3H3. The Labute approximate surface area is 220 Å². The van der Waals surface area contributed by atoms with Crippen molar-refractivity contribution in [3.05, 3.63) is 100 Å². The first-order valence-corrected chi connectivity index (χ1v) is 13.1. The van der Waals surface area contributed by atoms with Gasteiger partial charge in [-0.3, -0.25) is 0 Å². The summed E-state index contributed by atoms with van der Waals surface area (Å²) in [6, 6.07) is 22.8. The number of rotatable bonds is 12. The Kier molecular flexibility index (Phi) is 9.52. The summed E-state index contributed by atoms with van der Waals surface area (Å²) in [4.78, 5) is 12.0. The fourth-order valence-corrected chi connectivity index (χ4v) is 4.63. The topological polar surface area (TPSA) is 54.0 Å². The molecule has 4 rings (SSSR count). The number of hydrogen-bond donors (Lipinski definition) is 0. The highest BCUT2D eigenvalue weighted by Gasteiger charge is 2.23. The first-order valence-electron chi connectivity index (χ1n) is 13.1. The van der Waals surface area contributed by atoms with Gasteiger partial charge in [0.15, 0.2) is 6.10 Å². The molecule has 0 N–H and O–H groups in total. The van der Waals surface area contributed by atoms with Crippen LogP contribution in [0.2, 0.25) is 0 Å². The maximum atomic E-state index is 12.0. The maximum Gasteiger partial charge on any atom is 0.335 e. The molecule has 3 aromatic carbocycles. The van der Waals surface area contributed by atoms with Crippen LogP contribution in [-0.4, -0.2) is 39.0 Å². The summed E-state index contributed by atoms with van der Waals surface area (Å²) in [6.45, 7) is 5.21. The summed E-state index contributed by atoms with van der Waals surface area (Å²) in [7, 11) is 1.52. The fourth-order valence-electron chi connectivity index (χ4n) is 4.63. The molecular weight excluding hydrogens is 464 g/mol. The SMILES string of the molecule is CCCc1ccc2c(c1)C(OCCOc1ccc(CC(OC)C(=O)OCC)cc1)c1ccccc1C=C2. The molecule has 0 saturated heterocycles. The third kappa shape index (κ3) is 6.88. The van der Waals surface area contributed by atoms with Crippen molar-refractivity contribution in [1.82, 2.24) is 0 Å². The van der Waals surface area contributed by atoms with Crippen molar-refractivity contribution in [2.75, 3.05) is 26.9 Å². The third-order valence-corrected chi connectivity index (χ3v) is 6.51. The molecule has 1 aliphatic rings. The molecule has 1 aliphatic carbocycles. The highest BCUT2D eigenvalue weighted by Crippen LogP contribution is 2.36. The summed E-state index contributed by atoms with van der Waals surface area (Å²) >= 11 is 0. The van der Waals surface area contributed by atoms with Crippen molar-refractivity contribution < 1.29 is 23.7 Å². The summed E-state index contributed by atoms with van der Waals surface area (Å²) in [5, 5.41) is 0. The quantitative estimate of drug-likeness (QED) is 0.212. The van der Waals surface area contributed by atoms with Crippen LogP contribution in [0.5, 0.6) is 5.75 Å². The fraction of sp³-hybridized carbons (Fsp3) is 0.344. The summed E-state index contributed by atoms with van der Waals surface area (Å²) in [5.74, 6) is 0.409. The van der Waals surface area contributed by atoms with Gasteiger partial charge in [-0.05, 0) is 58.9 Å². The zero-order valence-electron chi connectivity index (χ0n) is 21.9. The molecule has 37 heavy (non-hydrogen) atoms. The van der Waals surface area contributed by atoms with Crippen LogP contribution < -0.4 is 4.74 Å². The Morgan fingerprint density at radius 1 is 0.865 bits per heavy atom. The number of aryl methyl sites for hydroxylation is 1. The van der Waals surface area contributed by atoms with E-state index in [1.807, 2.05) is 24.3 Å². The van der Waals surface area contributed by atoms with E-state index in [-0.39, 0.29) is 12.1 Å². The molecule has 0 radical (unpaired) electrons. The molecule has 2 atom stereocenters. The number of fused-ring (bicyclic) bond motifs is 2. The van der Waals surface area contributed by atoms with Crippen LogP contribution >= 0.6 is 0 Å². The van der Waals surface area contributed by atoms with Gasteiger partial charge in [0.1, 0.15) is 18.5 Å². The van der Waals surface area contributed by atoms with Crippen molar-refractivity contribution in [2.24, 2.45) is 0 Å². The molecular formula is C32H36O5. The molecule has 5 heteroatoms. The lowest BCUT2D eigenvalue weighted by Crippen LogP contribution is -2.27. The molecule has 2 unspecified atom stereocenters. The van der Waals surface area contributed by atoms with Crippen LogP contribution in [0.15, 0.2) is 66.7 Å². The van der Waals surface area contributed by atoms with Crippen molar-refractivity contribution in [2.45, 2.75) is 45.3 Å². The minimum atomic E-state index is -0.613. The van der Waals surface area contributed by atoms with Gasteiger partial charge in [0.2, 0.25) is 0 Å². The van der Waals surface area contributed by atoms with Gasteiger partial charge >= 0.3 is 5.97 Å². The monoisotopic (exact) mass is 500 g/mol. The average molecular weight is 501 g/mol. The van der Waals surface area contributed by atoms with Gasteiger partial charge in [0.25, 0.3) is 0 Å². The van der Waals surface area contributed by atoms with E-state index < -0.39 is 6.10 Å². The van der Waals surface area contributed by atoms with Crippen LogP contribution in [0.4, 0.5) is 0 Å². The third-order valence-electron chi connectivity index (χ3n) is 6.51. The molecule has 3 aromatic rings. The number of ether oxygens (including phenoxy) is 4. The highest BCUT2D eigenvalue weighted by molar-refractivity contribution is 5.76. The molecule has 0 bridgehead atoms. The second-order valence-corrected chi connectivity index (χ2v) is 9.10. The first-order chi connectivity index (χ1) is 18.1. The van der Waals surface area contributed by atoms with E-state index in [1.54, 1.807) is 6.92 Å². The molecule has 0 aliphatic heterocycles. The zero-order valence-corrected chi connectivity index (χ0v) is 21.9. The lowest BCUT2D eigenvalue weighted by Gasteiger charge is -2.22. The van der Waals surface area contributed by atoms with Crippen LogP contribution in [0, 0.1) is 0 Å². The van der Waals surface area contributed by atoms with E-state index in [0.717, 1.165) is 24.2 Å². The zero-order chi connectivity index (χ0) is 26.0. The van der Waals surface area contributed by atoms with E-state index in [9.17, 15) is 4.79 Å². The van der Waals surface area contributed by atoms with Crippen molar-refractivity contribution >= 4 is 18.1 Å². The van der Waals surface area contributed by atoms with Crippen LogP contribution in [0.3, 0.4) is 0 Å². The molecule has 0 spiro atoms. The number of hydrogen-bond acceptors (Lipinski definition) is 5. The second kappa shape index (κ2) is 13.2. The van der Waals surface area contributed by atoms with Crippen LogP contribution in [-0.2, 0) is 31.8 Å². The van der Waals surface area contributed by atoms with Gasteiger partial charge in [0, 0.05) is 13.5 Å². The number of carbonyl (C=O) groups is 1. The Morgan fingerprint density at radius 3 is 2.32 bits per heavy atom. The summed E-state index contributed by atoms with van der Waals surface area (Å²) in [6.07, 6.45) is 6.20. The van der Waals surface area contributed by atoms with Crippen molar-refractivity contribution in [3.8, 4) is 5.75 Å². The number of esters is 1. The molecule has 0 saturated carbocycles. The average Bonchev–Trinajstić information content (AvgIpc) is 3.07. The Morgan fingerprint density at radius 2 is 1.59 bits per heavy atom. The van der Waals surface area contributed by atoms with E-state index in [4.69, 9.17) is 18.9 Å². The van der Waals surface area contributed by atoms with Crippen LogP contribution in [0.25, 0.3) is 12.2 Å². The van der Waals surface area contributed by atoms with E-state index >= 15 is 0 Å². The van der Waals surface area contributed by atoms with E-state index in [0.29, 0.717) is 26.2 Å². The lowest BCUT2D eigenvalue weighted by atomic mass is 9.94. The highest BCUT2D eigenvalue weighted by atomic mass is 16.6. The molecule has 0 heterocycles. The number of benzene rings is 3. The summed E-state index contributed by atoms with van der Waals surface area (Å²) in [5.41, 5.74) is 7.04. The van der Waals surface area contributed by atoms with Gasteiger partial charge in [-0.1, -0.05) is 80.1 Å². The molecule has 0 fully saturated rings. The van der Waals surface area contributed by atoms with Gasteiger partial charge in [-0.15, -0.1) is 0 Å². The van der Waals surface area contributed by atoms with E-state index in [2.05, 4.69) is 61.5 Å². The first kappa shape index (κ1) is 26.6. The molecule has 194 valence electrons. The summed E-state index contributed by atoms with van der Waals surface area (Å²) < 4.78 is 22.8. The normalized spacial score (nSPS) is 14.8. The van der Waals surface area contributed by atoms with Gasteiger partial charge < -0.3 is 18.9 Å². The predicted octanol–water partition coefficient (Wildman–Crippen LogP) is 6.43. The second-order valence-electron chi connectivity index (χ2n) is 9.10. The largest absolute Gasteiger partial charge is 0.491 e. The molecule has 0 aromatic heterocycles. The molecule has 5 nitrogen and oxygen atoms in total. The Bertz CT molecular complexity index is 1200. The van der Waals surface area contributed by atoms with Gasteiger partial charge in [0.05, 0.1) is 13.2 Å².